The van der Waals surface area contributed by atoms with Crippen LogP contribution in [0.15, 0.2) is 30.3 Å². The number of hydrogen-bond acceptors (Lipinski definition) is 4. The Kier molecular flexibility index (Phi) is 4.79. The lowest BCUT2D eigenvalue weighted by molar-refractivity contribution is -0.0577. The molecule has 0 aliphatic carbocycles. The third-order valence-electron chi connectivity index (χ3n) is 4.02. The van der Waals surface area contributed by atoms with Gasteiger partial charge in [0.15, 0.2) is 0 Å². The van der Waals surface area contributed by atoms with Gasteiger partial charge in [-0.3, -0.25) is 0 Å². The van der Waals surface area contributed by atoms with Crippen LogP contribution in [0.5, 0.6) is 0 Å². The molecule has 6 nitrogen and oxygen atoms in total. The van der Waals surface area contributed by atoms with Crippen LogP contribution >= 0.6 is 0 Å². The van der Waals surface area contributed by atoms with Crippen LogP contribution in [0.2, 0.25) is 0 Å². The zero-order valence-corrected chi connectivity index (χ0v) is 13.5. The summed E-state index contributed by atoms with van der Waals surface area (Å²) in [6.07, 6.45) is -0.351. The maximum absolute atomic E-state index is 12.8. The molecule has 7 heteroatoms. The van der Waals surface area contributed by atoms with Crippen molar-refractivity contribution in [1.82, 2.24) is 8.61 Å². The van der Waals surface area contributed by atoms with E-state index in [2.05, 4.69) is 0 Å². The third kappa shape index (κ3) is 3.33. The molecule has 2 saturated heterocycles. The van der Waals surface area contributed by atoms with E-state index in [0.29, 0.717) is 39.4 Å². The van der Waals surface area contributed by atoms with Crippen LogP contribution in [0.4, 0.5) is 0 Å². The minimum atomic E-state index is -3.45. The highest BCUT2D eigenvalue weighted by molar-refractivity contribution is 7.86. The van der Waals surface area contributed by atoms with Gasteiger partial charge in [-0.15, -0.1) is 0 Å². The Morgan fingerprint density at radius 1 is 1.05 bits per heavy atom. The maximum Gasteiger partial charge on any atom is 0.282 e. The molecule has 0 spiro atoms. The average Bonchev–Trinajstić information content (AvgIpc) is 2.56. The summed E-state index contributed by atoms with van der Waals surface area (Å²) in [6.45, 7) is 4.42. The predicted molar refractivity (Wildman–Crippen MR) is 82.6 cm³/mol. The Morgan fingerprint density at radius 2 is 1.73 bits per heavy atom. The van der Waals surface area contributed by atoms with Crippen molar-refractivity contribution in [3.8, 4) is 0 Å². The van der Waals surface area contributed by atoms with Crippen LogP contribution in [0, 0.1) is 0 Å². The molecule has 1 aromatic rings. The van der Waals surface area contributed by atoms with Gasteiger partial charge in [-0.2, -0.15) is 17.0 Å². The topological polar surface area (TPSA) is 59.1 Å². The fraction of sp³-hybridized carbons (Fsp3) is 0.600. The van der Waals surface area contributed by atoms with Gasteiger partial charge < -0.3 is 9.47 Å². The minimum Gasteiger partial charge on any atom is -0.379 e. The molecule has 22 heavy (non-hydrogen) atoms. The first kappa shape index (κ1) is 15.9. The summed E-state index contributed by atoms with van der Waals surface area (Å²) in [6, 6.07) is 9.78. The van der Waals surface area contributed by atoms with Gasteiger partial charge in [0.2, 0.25) is 0 Å². The zero-order chi connectivity index (χ0) is 15.6. The summed E-state index contributed by atoms with van der Waals surface area (Å²) in [5.74, 6) is 0. The summed E-state index contributed by atoms with van der Waals surface area (Å²) >= 11 is 0. The molecular weight excluding hydrogens is 304 g/mol. The Balaban J connectivity index is 1.78. The van der Waals surface area contributed by atoms with E-state index in [1.165, 1.54) is 4.31 Å². The fourth-order valence-electron chi connectivity index (χ4n) is 2.89. The van der Waals surface area contributed by atoms with Gasteiger partial charge in [0.25, 0.3) is 10.2 Å². The van der Waals surface area contributed by atoms with Crippen molar-refractivity contribution >= 4 is 10.2 Å². The first-order valence-corrected chi connectivity index (χ1v) is 9.00. The van der Waals surface area contributed by atoms with E-state index in [9.17, 15) is 8.42 Å². The summed E-state index contributed by atoms with van der Waals surface area (Å²) in [5, 5.41) is 0. The zero-order valence-electron chi connectivity index (χ0n) is 12.7. The van der Waals surface area contributed by atoms with Gasteiger partial charge >= 0.3 is 0 Å². The van der Waals surface area contributed by atoms with E-state index >= 15 is 0 Å². The Labute approximate surface area is 131 Å². The second-order valence-electron chi connectivity index (χ2n) is 5.68. The van der Waals surface area contributed by atoms with Crippen LogP contribution in [-0.4, -0.2) is 62.5 Å². The standard InChI is InChI=1S/C15H22N2O4S/c1-13-11-17(22(18,19)16-7-9-20-10-8-16)12-15(21-13)14-5-3-2-4-6-14/h2-6,13,15H,7-12H2,1H3. The van der Waals surface area contributed by atoms with Gasteiger partial charge in [-0.05, 0) is 12.5 Å². The summed E-state index contributed by atoms with van der Waals surface area (Å²) in [5.41, 5.74) is 1.01. The largest absolute Gasteiger partial charge is 0.379 e. The lowest BCUT2D eigenvalue weighted by Crippen LogP contribution is -2.53. The van der Waals surface area contributed by atoms with E-state index in [0.717, 1.165) is 5.56 Å². The Hall–Kier alpha value is -0.990. The van der Waals surface area contributed by atoms with Crippen molar-refractivity contribution < 1.29 is 17.9 Å². The molecule has 0 saturated carbocycles. The van der Waals surface area contributed by atoms with E-state index in [-0.39, 0.29) is 12.2 Å². The number of hydrogen-bond donors (Lipinski definition) is 0. The first-order valence-electron chi connectivity index (χ1n) is 7.61. The van der Waals surface area contributed by atoms with Crippen molar-refractivity contribution in [2.45, 2.75) is 19.1 Å². The van der Waals surface area contributed by atoms with Crippen LogP contribution in [-0.2, 0) is 19.7 Å². The molecule has 2 fully saturated rings. The van der Waals surface area contributed by atoms with Crippen molar-refractivity contribution in [3.63, 3.8) is 0 Å². The minimum absolute atomic E-state index is 0.130. The fourth-order valence-corrected chi connectivity index (χ4v) is 4.55. The summed E-state index contributed by atoms with van der Waals surface area (Å²) in [7, 11) is -3.45. The highest BCUT2D eigenvalue weighted by atomic mass is 32.2. The van der Waals surface area contributed by atoms with Gasteiger partial charge in [-0.1, -0.05) is 30.3 Å². The van der Waals surface area contributed by atoms with Crippen LogP contribution in [0.1, 0.15) is 18.6 Å². The van der Waals surface area contributed by atoms with E-state index < -0.39 is 10.2 Å². The second-order valence-corrected chi connectivity index (χ2v) is 7.61. The molecule has 0 radical (unpaired) electrons. The van der Waals surface area contributed by atoms with Crippen molar-refractivity contribution in [3.05, 3.63) is 35.9 Å². The van der Waals surface area contributed by atoms with Gasteiger partial charge in [0, 0.05) is 26.2 Å². The highest BCUT2D eigenvalue weighted by Crippen LogP contribution is 2.27. The monoisotopic (exact) mass is 326 g/mol. The van der Waals surface area contributed by atoms with Crippen LogP contribution in [0.25, 0.3) is 0 Å². The SMILES string of the molecule is CC1CN(S(=O)(=O)N2CCOCC2)CC(c2ccccc2)O1. The third-order valence-corrected chi connectivity index (χ3v) is 5.99. The molecule has 2 atom stereocenters. The smallest absolute Gasteiger partial charge is 0.282 e. The lowest BCUT2D eigenvalue weighted by atomic mass is 10.1. The van der Waals surface area contributed by atoms with E-state index in [4.69, 9.17) is 9.47 Å². The number of benzene rings is 1. The van der Waals surface area contributed by atoms with E-state index in [1.54, 1.807) is 4.31 Å². The second kappa shape index (κ2) is 6.64. The lowest BCUT2D eigenvalue weighted by Gasteiger charge is -2.39. The Morgan fingerprint density at radius 3 is 2.41 bits per heavy atom. The molecule has 0 N–H and O–H groups in total. The van der Waals surface area contributed by atoms with Crippen LogP contribution in [0.3, 0.4) is 0 Å². The summed E-state index contributed by atoms with van der Waals surface area (Å²) < 4.78 is 39.8. The molecule has 2 aliphatic rings. The first-order chi connectivity index (χ1) is 10.6. The summed E-state index contributed by atoms with van der Waals surface area (Å²) in [4.78, 5) is 0. The highest BCUT2D eigenvalue weighted by Gasteiger charge is 2.37. The van der Waals surface area contributed by atoms with Gasteiger partial charge in [-0.25, -0.2) is 0 Å². The van der Waals surface area contributed by atoms with Crippen molar-refractivity contribution in [2.24, 2.45) is 0 Å². The quantitative estimate of drug-likeness (QED) is 0.832. The number of morpholine rings is 2. The van der Waals surface area contributed by atoms with E-state index in [1.807, 2.05) is 37.3 Å². The maximum atomic E-state index is 12.8. The Bertz CT molecular complexity index is 587. The number of ether oxygens (including phenoxy) is 2. The average molecular weight is 326 g/mol. The molecule has 2 heterocycles. The van der Waals surface area contributed by atoms with Crippen molar-refractivity contribution in [2.75, 3.05) is 39.4 Å². The molecule has 122 valence electrons. The molecule has 0 aromatic heterocycles. The molecular formula is C15H22N2O4S. The van der Waals surface area contributed by atoms with Gasteiger partial charge in [0.05, 0.1) is 25.4 Å². The number of nitrogens with zero attached hydrogens (tertiary/aromatic N) is 2. The molecule has 0 amide bonds. The van der Waals surface area contributed by atoms with Gasteiger partial charge in [0.1, 0.15) is 0 Å². The normalized spacial score (nSPS) is 28.6. The molecule has 3 rings (SSSR count). The molecule has 0 bridgehead atoms. The predicted octanol–water partition coefficient (Wildman–Crippen LogP) is 1.03. The molecule has 2 unspecified atom stereocenters. The molecule has 1 aromatic carbocycles. The van der Waals surface area contributed by atoms with Crippen molar-refractivity contribution in [1.29, 1.82) is 0 Å². The molecule has 2 aliphatic heterocycles. The number of rotatable bonds is 3. The van der Waals surface area contributed by atoms with Crippen LogP contribution < -0.4 is 0 Å².